The van der Waals surface area contributed by atoms with E-state index in [-0.39, 0.29) is 12.3 Å². The van der Waals surface area contributed by atoms with Gasteiger partial charge in [-0.15, -0.1) is 0 Å². The molecule has 3 N–H and O–H groups in total. The minimum atomic E-state index is 0.198. The summed E-state index contributed by atoms with van der Waals surface area (Å²) in [7, 11) is 0. The largest absolute Gasteiger partial charge is 0.358 e. The number of nitrogens with one attached hydrogen (secondary N) is 1. The van der Waals surface area contributed by atoms with E-state index in [1.165, 1.54) is 0 Å². The fourth-order valence-corrected chi connectivity index (χ4v) is 0.821. The van der Waals surface area contributed by atoms with Crippen molar-refractivity contribution in [2.45, 2.75) is 19.3 Å². The molecule has 0 aliphatic carbocycles. The lowest BCUT2D eigenvalue weighted by molar-refractivity contribution is 0.0582. The Morgan fingerprint density at radius 1 is 1.88 bits per heavy atom. The van der Waals surface area contributed by atoms with Gasteiger partial charge in [-0.2, -0.15) is 0 Å². The molecule has 0 aromatic carbocycles. The molecule has 1 heterocycles. The minimum Gasteiger partial charge on any atom is -0.358 e. The van der Waals surface area contributed by atoms with Crippen molar-refractivity contribution in [2.24, 2.45) is 5.73 Å². The first-order valence-corrected chi connectivity index (χ1v) is 2.92. The highest BCUT2D eigenvalue weighted by atomic mass is 16.5. The van der Waals surface area contributed by atoms with Crippen LogP contribution in [0.5, 0.6) is 0 Å². The Hall–Kier alpha value is -0.120. The van der Waals surface area contributed by atoms with Crippen molar-refractivity contribution in [1.82, 2.24) is 5.32 Å². The molecule has 3 nitrogen and oxygen atoms in total. The predicted octanol–water partition coefficient (Wildman–Crippen LogP) is -0.720. The van der Waals surface area contributed by atoms with E-state index in [1.807, 2.05) is 6.92 Å². The summed E-state index contributed by atoms with van der Waals surface area (Å²) in [6.07, 6.45) is 0.438. The van der Waals surface area contributed by atoms with E-state index in [0.29, 0.717) is 6.54 Å². The van der Waals surface area contributed by atoms with Crippen LogP contribution in [0, 0.1) is 0 Å². The lowest BCUT2D eigenvalue weighted by Gasteiger charge is -2.04. The molecule has 0 amide bonds. The maximum absolute atomic E-state index is 5.33. The second-order valence-electron chi connectivity index (χ2n) is 2.04. The molecule has 0 spiro atoms. The molecule has 1 aliphatic heterocycles. The molecule has 48 valence electrons. The van der Waals surface area contributed by atoms with Crippen LogP contribution in [0.2, 0.25) is 0 Å². The maximum atomic E-state index is 5.33. The van der Waals surface area contributed by atoms with Gasteiger partial charge in [-0.25, -0.2) is 0 Å². The van der Waals surface area contributed by atoms with Crippen LogP contribution < -0.4 is 11.1 Å². The lowest BCUT2D eigenvalue weighted by Crippen LogP contribution is -2.23. The van der Waals surface area contributed by atoms with Crippen molar-refractivity contribution < 1.29 is 4.74 Å². The summed E-state index contributed by atoms with van der Waals surface area (Å²) in [6.45, 7) is 3.50. The van der Waals surface area contributed by atoms with Crippen molar-refractivity contribution in [2.75, 3.05) is 13.1 Å². The van der Waals surface area contributed by atoms with E-state index in [2.05, 4.69) is 5.32 Å². The number of nitrogens with two attached hydrogens (primary N) is 1. The quantitative estimate of drug-likeness (QED) is 0.475. The topological polar surface area (TPSA) is 47.3 Å². The number of ether oxygens (including phenoxy) is 1. The van der Waals surface area contributed by atoms with Crippen molar-refractivity contribution in [3.05, 3.63) is 0 Å². The molecular formula is C5H12N2O. The van der Waals surface area contributed by atoms with Crippen molar-refractivity contribution >= 4 is 0 Å². The highest BCUT2D eigenvalue weighted by Gasteiger charge is 2.18. The van der Waals surface area contributed by atoms with Crippen LogP contribution >= 0.6 is 0 Å². The molecule has 0 aromatic rings. The Balaban J connectivity index is 2.22. The Morgan fingerprint density at radius 3 is 2.88 bits per heavy atom. The normalized spacial score (nSPS) is 38.2. The zero-order valence-corrected chi connectivity index (χ0v) is 5.05. The van der Waals surface area contributed by atoms with E-state index in [4.69, 9.17) is 10.5 Å². The summed E-state index contributed by atoms with van der Waals surface area (Å²) in [5, 5.41) is 3.12. The second kappa shape index (κ2) is 2.44. The zero-order valence-electron chi connectivity index (χ0n) is 5.05. The molecule has 3 heteroatoms. The third kappa shape index (κ3) is 1.18. The lowest BCUT2D eigenvalue weighted by atomic mass is 10.4. The molecule has 1 aliphatic rings. The number of hydrogen-bond acceptors (Lipinski definition) is 3. The van der Waals surface area contributed by atoms with Crippen molar-refractivity contribution in [1.29, 1.82) is 0 Å². The van der Waals surface area contributed by atoms with Gasteiger partial charge >= 0.3 is 0 Å². The average Bonchev–Trinajstić information content (AvgIpc) is 2.14. The van der Waals surface area contributed by atoms with E-state index in [9.17, 15) is 0 Å². The van der Waals surface area contributed by atoms with Crippen LogP contribution in [0.4, 0.5) is 0 Å². The van der Waals surface area contributed by atoms with Crippen molar-refractivity contribution in [3.8, 4) is 0 Å². The molecule has 0 radical (unpaired) electrons. The Kier molecular flexibility index (Phi) is 1.83. The molecule has 0 unspecified atom stereocenters. The molecule has 8 heavy (non-hydrogen) atoms. The summed E-state index contributed by atoms with van der Waals surface area (Å²) < 4.78 is 5.27. The first-order valence-electron chi connectivity index (χ1n) is 2.92. The van der Waals surface area contributed by atoms with Gasteiger partial charge in [-0.05, 0) is 6.92 Å². The maximum Gasteiger partial charge on any atom is 0.105 e. The Bertz CT molecular complexity index is 76.8. The summed E-state index contributed by atoms with van der Waals surface area (Å²) in [5.41, 5.74) is 5.33. The van der Waals surface area contributed by atoms with Crippen LogP contribution in [0.15, 0.2) is 0 Å². The minimum absolute atomic E-state index is 0.198. The van der Waals surface area contributed by atoms with Crippen LogP contribution in [0.1, 0.15) is 6.92 Å². The molecular weight excluding hydrogens is 104 g/mol. The van der Waals surface area contributed by atoms with Gasteiger partial charge in [0.1, 0.15) is 6.23 Å². The zero-order chi connectivity index (χ0) is 5.98. The first-order chi connectivity index (χ1) is 3.83. The fourth-order valence-electron chi connectivity index (χ4n) is 0.821. The monoisotopic (exact) mass is 116 g/mol. The van der Waals surface area contributed by atoms with Gasteiger partial charge in [-0.1, -0.05) is 0 Å². The van der Waals surface area contributed by atoms with Gasteiger partial charge in [-0.3, -0.25) is 5.32 Å². The molecule has 1 fully saturated rings. The Labute approximate surface area is 49.2 Å². The number of rotatable bonds is 1. The molecule has 0 bridgehead atoms. The average molecular weight is 116 g/mol. The molecule has 2 atom stereocenters. The second-order valence-corrected chi connectivity index (χ2v) is 2.04. The standard InChI is InChI=1S/C5H12N2O/c1-4-7-3-5(2-6)8-4/h4-5,7H,2-3,6H2,1H3/t4-,5-/m0/s1. The van der Waals surface area contributed by atoms with Crippen LogP contribution in [-0.4, -0.2) is 25.4 Å². The first kappa shape index (κ1) is 6.01. The number of hydrogen-bond donors (Lipinski definition) is 2. The van der Waals surface area contributed by atoms with Gasteiger partial charge in [0.2, 0.25) is 0 Å². The molecule has 1 rings (SSSR count). The smallest absolute Gasteiger partial charge is 0.105 e. The molecule has 0 aromatic heterocycles. The van der Waals surface area contributed by atoms with E-state index >= 15 is 0 Å². The van der Waals surface area contributed by atoms with Gasteiger partial charge in [0.15, 0.2) is 0 Å². The molecule has 1 saturated heterocycles. The fraction of sp³-hybridized carbons (Fsp3) is 1.00. The Morgan fingerprint density at radius 2 is 2.62 bits per heavy atom. The predicted molar refractivity (Wildman–Crippen MR) is 31.4 cm³/mol. The van der Waals surface area contributed by atoms with Gasteiger partial charge < -0.3 is 10.5 Å². The summed E-state index contributed by atoms with van der Waals surface area (Å²) in [5.74, 6) is 0. The van der Waals surface area contributed by atoms with Crippen molar-refractivity contribution in [3.63, 3.8) is 0 Å². The van der Waals surface area contributed by atoms with Gasteiger partial charge in [0, 0.05) is 13.1 Å². The third-order valence-corrected chi connectivity index (χ3v) is 1.29. The van der Waals surface area contributed by atoms with Crippen LogP contribution in [0.25, 0.3) is 0 Å². The van der Waals surface area contributed by atoms with E-state index in [0.717, 1.165) is 6.54 Å². The summed E-state index contributed by atoms with van der Waals surface area (Å²) in [6, 6.07) is 0. The van der Waals surface area contributed by atoms with E-state index < -0.39 is 0 Å². The van der Waals surface area contributed by atoms with E-state index in [1.54, 1.807) is 0 Å². The highest BCUT2D eigenvalue weighted by molar-refractivity contribution is 4.70. The summed E-state index contributed by atoms with van der Waals surface area (Å²) in [4.78, 5) is 0. The van der Waals surface area contributed by atoms with Gasteiger partial charge in [0.05, 0.1) is 6.10 Å². The highest BCUT2D eigenvalue weighted by Crippen LogP contribution is 2.00. The van der Waals surface area contributed by atoms with Gasteiger partial charge in [0.25, 0.3) is 0 Å². The van der Waals surface area contributed by atoms with Crippen LogP contribution in [-0.2, 0) is 4.74 Å². The summed E-state index contributed by atoms with van der Waals surface area (Å²) >= 11 is 0. The SMILES string of the molecule is C[C@H]1NC[C@H](CN)O1. The molecule has 0 saturated carbocycles. The van der Waals surface area contributed by atoms with Crippen LogP contribution in [0.3, 0.4) is 0 Å². The third-order valence-electron chi connectivity index (χ3n) is 1.29.